The Kier molecular flexibility index (Phi) is 4.95. The first-order chi connectivity index (χ1) is 9.61. The molecule has 5 heteroatoms. The molecule has 1 saturated heterocycles. The van der Waals surface area contributed by atoms with Crippen LogP contribution in [0.3, 0.4) is 0 Å². The molecule has 0 atom stereocenters. The van der Waals surface area contributed by atoms with Gasteiger partial charge in [-0.1, -0.05) is 13.0 Å². The van der Waals surface area contributed by atoms with Gasteiger partial charge in [-0.05, 0) is 44.3 Å². The quantitative estimate of drug-likeness (QED) is 0.664. The number of nitrogens with one attached hydrogen (secondary N) is 1. The summed E-state index contributed by atoms with van der Waals surface area (Å²) in [4.78, 5) is 12.9. The summed E-state index contributed by atoms with van der Waals surface area (Å²) < 4.78 is 0. The lowest BCUT2D eigenvalue weighted by Crippen LogP contribution is -2.37. The van der Waals surface area contributed by atoms with Gasteiger partial charge in [-0.15, -0.1) is 0 Å². The van der Waals surface area contributed by atoms with E-state index in [9.17, 15) is 10.1 Å². The number of non-ortho nitro benzene ring substituents is 1. The van der Waals surface area contributed by atoms with Crippen LogP contribution in [0, 0.1) is 23.0 Å². The Morgan fingerprint density at radius 1 is 1.40 bits per heavy atom. The van der Waals surface area contributed by atoms with Gasteiger partial charge in [0.2, 0.25) is 0 Å². The molecule has 0 radical (unpaired) electrons. The van der Waals surface area contributed by atoms with Crippen LogP contribution in [0.15, 0.2) is 18.2 Å². The van der Waals surface area contributed by atoms with Gasteiger partial charge in [0.15, 0.2) is 0 Å². The van der Waals surface area contributed by atoms with Crippen LogP contribution in [0.5, 0.6) is 0 Å². The van der Waals surface area contributed by atoms with Crippen molar-refractivity contribution in [2.75, 3.05) is 31.1 Å². The predicted octanol–water partition coefficient (Wildman–Crippen LogP) is 2.73. The van der Waals surface area contributed by atoms with Gasteiger partial charge in [0.25, 0.3) is 5.69 Å². The van der Waals surface area contributed by atoms with E-state index in [1.165, 1.54) is 0 Å². The Bertz CT molecular complexity index is 468. The van der Waals surface area contributed by atoms with Gasteiger partial charge in [-0.3, -0.25) is 10.1 Å². The van der Waals surface area contributed by atoms with E-state index in [4.69, 9.17) is 0 Å². The number of nitro groups is 1. The fourth-order valence-corrected chi connectivity index (χ4v) is 2.78. The van der Waals surface area contributed by atoms with Crippen LogP contribution in [0.4, 0.5) is 11.4 Å². The minimum atomic E-state index is -0.319. The monoisotopic (exact) mass is 277 g/mol. The van der Waals surface area contributed by atoms with E-state index in [2.05, 4.69) is 17.1 Å². The molecule has 0 bridgehead atoms. The lowest BCUT2D eigenvalue weighted by Gasteiger charge is -2.34. The molecule has 0 unspecified atom stereocenters. The van der Waals surface area contributed by atoms with Gasteiger partial charge in [0, 0.05) is 30.9 Å². The third-order valence-electron chi connectivity index (χ3n) is 4.04. The molecule has 5 nitrogen and oxygen atoms in total. The molecule has 0 saturated carbocycles. The highest BCUT2D eigenvalue weighted by molar-refractivity contribution is 5.58. The highest BCUT2D eigenvalue weighted by Crippen LogP contribution is 2.29. The maximum atomic E-state index is 10.9. The van der Waals surface area contributed by atoms with E-state index in [-0.39, 0.29) is 10.6 Å². The van der Waals surface area contributed by atoms with Gasteiger partial charge in [0.05, 0.1) is 4.92 Å². The van der Waals surface area contributed by atoms with Crippen molar-refractivity contribution in [2.24, 2.45) is 5.92 Å². The summed E-state index contributed by atoms with van der Waals surface area (Å²) >= 11 is 0. The Morgan fingerprint density at radius 3 is 2.70 bits per heavy atom. The zero-order valence-corrected chi connectivity index (χ0v) is 12.3. The van der Waals surface area contributed by atoms with Crippen molar-refractivity contribution in [1.82, 2.24) is 5.32 Å². The second kappa shape index (κ2) is 6.70. The summed E-state index contributed by atoms with van der Waals surface area (Å²) in [5, 5.41) is 14.3. The maximum absolute atomic E-state index is 10.9. The maximum Gasteiger partial charge on any atom is 0.271 e. The fraction of sp³-hybridized carbons (Fsp3) is 0.600. The number of nitrogens with zero attached hydrogens (tertiary/aromatic N) is 2. The summed E-state index contributed by atoms with van der Waals surface area (Å²) in [6.45, 7) is 8.21. The first kappa shape index (κ1) is 14.8. The summed E-state index contributed by atoms with van der Waals surface area (Å²) in [6.07, 6.45) is 2.30. The topological polar surface area (TPSA) is 58.4 Å². The number of anilines is 1. The molecule has 2 rings (SSSR count). The van der Waals surface area contributed by atoms with Crippen LogP contribution in [-0.4, -0.2) is 31.1 Å². The second-order valence-corrected chi connectivity index (χ2v) is 5.47. The Morgan fingerprint density at radius 2 is 2.10 bits per heavy atom. The minimum Gasteiger partial charge on any atom is -0.371 e. The average Bonchev–Trinajstić information content (AvgIpc) is 2.46. The molecular formula is C15H23N3O2. The first-order valence-corrected chi connectivity index (χ1v) is 7.32. The Balaban J connectivity index is 2.03. The van der Waals surface area contributed by atoms with Gasteiger partial charge >= 0.3 is 0 Å². The minimum absolute atomic E-state index is 0.181. The van der Waals surface area contributed by atoms with E-state index in [0.717, 1.165) is 56.2 Å². The number of hydrogen-bond acceptors (Lipinski definition) is 4. The number of benzene rings is 1. The SMILES string of the molecule is CCNCC1CCN(c2cc([N+](=O)[O-])ccc2C)CC1. The molecule has 1 N–H and O–H groups in total. The normalized spacial score (nSPS) is 16.4. The number of piperidine rings is 1. The number of nitro benzene ring substituents is 1. The lowest BCUT2D eigenvalue weighted by atomic mass is 9.96. The number of aryl methyl sites for hydroxylation is 1. The molecule has 1 aromatic carbocycles. The largest absolute Gasteiger partial charge is 0.371 e. The van der Waals surface area contributed by atoms with Crippen molar-refractivity contribution in [3.05, 3.63) is 33.9 Å². The van der Waals surface area contributed by atoms with Crippen LogP contribution >= 0.6 is 0 Å². The summed E-state index contributed by atoms with van der Waals surface area (Å²) in [5.41, 5.74) is 2.31. The van der Waals surface area contributed by atoms with Crippen molar-refractivity contribution >= 4 is 11.4 Å². The summed E-state index contributed by atoms with van der Waals surface area (Å²) in [7, 11) is 0. The summed E-state index contributed by atoms with van der Waals surface area (Å²) in [6, 6.07) is 5.13. The molecular weight excluding hydrogens is 254 g/mol. The standard InChI is InChI=1S/C15H23N3O2/c1-3-16-11-13-6-8-17(9-7-13)15-10-14(18(19)20)5-4-12(15)2/h4-5,10,13,16H,3,6-9,11H2,1-2H3. The van der Waals surface area contributed by atoms with E-state index >= 15 is 0 Å². The predicted molar refractivity (Wildman–Crippen MR) is 81.3 cm³/mol. The molecule has 0 aliphatic carbocycles. The van der Waals surface area contributed by atoms with Crippen molar-refractivity contribution in [3.63, 3.8) is 0 Å². The van der Waals surface area contributed by atoms with Gasteiger partial charge < -0.3 is 10.2 Å². The second-order valence-electron chi connectivity index (χ2n) is 5.47. The van der Waals surface area contributed by atoms with Crippen LogP contribution in [-0.2, 0) is 0 Å². The Hall–Kier alpha value is -1.62. The molecule has 20 heavy (non-hydrogen) atoms. The Labute approximate surface area is 120 Å². The van der Waals surface area contributed by atoms with Crippen LogP contribution < -0.4 is 10.2 Å². The zero-order chi connectivity index (χ0) is 14.5. The number of rotatable bonds is 5. The third kappa shape index (κ3) is 3.48. The number of hydrogen-bond donors (Lipinski definition) is 1. The molecule has 0 aromatic heterocycles. The van der Waals surface area contributed by atoms with Crippen LogP contribution in [0.1, 0.15) is 25.3 Å². The van der Waals surface area contributed by atoms with Crippen molar-refractivity contribution in [2.45, 2.75) is 26.7 Å². The molecule has 0 spiro atoms. The van der Waals surface area contributed by atoms with E-state index < -0.39 is 0 Å². The fourth-order valence-electron chi connectivity index (χ4n) is 2.78. The third-order valence-corrected chi connectivity index (χ3v) is 4.04. The molecule has 110 valence electrons. The zero-order valence-electron chi connectivity index (χ0n) is 12.3. The smallest absolute Gasteiger partial charge is 0.271 e. The molecule has 1 aliphatic heterocycles. The van der Waals surface area contributed by atoms with Gasteiger partial charge in [-0.2, -0.15) is 0 Å². The summed E-state index contributed by atoms with van der Waals surface area (Å²) in [5.74, 6) is 0.727. The van der Waals surface area contributed by atoms with Crippen LogP contribution in [0.25, 0.3) is 0 Å². The van der Waals surface area contributed by atoms with Crippen LogP contribution in [0.2, 0.25) is 0 Å². The highest BCUT2D eigenvalue weighted by atomic mass is 16.6. The molecule has 1 aromatic rings. The average molecular weight is 277 g/mol. The van der Waals surface area contributed by atoms with E-state index in [0.29, 0.717) is 0 Å². The molecule has 1 heterocycles. The molecule has 1 aliphatic rings. The van der Waals surface area contributed by atoms with Gasteiger partial charge in [0.1, 0.15) is 0 Å². The van der Waals surface area contributed by atoms with E-state index in [1.807, 2.05) is 13.0 Å². The van der Waals surface area contributed by atoms with E-state index in [1.54, 1.807) is 12.1 Å². The van der Waals surface area contributed by atoms with Crippen molar-refractivity contribution < 1.29 is 4.92 Å². The molecule has 1 fully saturated rings. The first-order valence-electron chi connectivity index (χ1n) is 7.32. The van der Waals surface area contributed by atoms with Crippen molar-refractivity contribution in [1.29, 1.82) is 0 Å². The molecule has 0 amide bonds. The van der Waals surface area contributed by atoms with Crippen molar-refractivity contribution in [3.8, 4) is 0 Å². The van der Waals surface area contributed by atoms with Gasteiger partial charge in [-0.25, -0.2) is 0 Å². The lowest BCUT2D eigenvalue weighted by molar-refractivity contribution is -0.384. The highest BCUT2D eigenvalue weighted by Gasteiger charge is 2.21.